The first-order chi connectivity index (χ1) is 11.8. The average Bonchev–Trinajstić information content (AvgIpc) is 2.62. The Labute approximate surface area is 158 Å². The second-order valence-electron chi connectivity index (χ2n) is 5.42. The molecule has 3 aromatic carbocycles. The molecule has 0 bridgehead atoms. The van der Waals surface area contributed by atoms with Gasteiger partial charge in [0.05, 0.1) is 0 Å². The molecular weight excluding hydrogens is 402 g/mol. The van der Waals surface area contributed by atoms with E-state index in [9.17, 15) is 0 Å². The average molecular weight is 418 g/mol. The van der Waals surface area contributed by atoms with Crippen molar-refractivity contribution in [3.8, 4) is 22.3 Å². The lowest BCUT2D eigenvalue weighted by molar-refractivity contribution is 1.58. The molecule has 0 heterocycles. The molecule has 0 aliphatic carbocycles. The van der Waals surface area contributed by atoms with Crippen molar-refractivity contribution >= 4 is 35.9 Å². The lowest BCUT2D eigenvalue weighted by atomic mass is 9.93. The van der Waals surface area contributed by atoms with Crippen LogP contribution in [0.1, 0.15) is 0 Å². The maximum absolute atomic E-state index is 5.84. The SMILES string of the molecule is [B]c1ccc(-c2cccccccc(-c3ccccc3)c2I)cc1. The van der Waals surface area contributed by atoms with Crippen molar-refractivity contribution in [1.82, 2.24) is 0 Å². The number of benzene rings is 2. The predicted octanol–water partition coefficient (Wildman–Crippen LogP) is 5.54. The highest BCUT2D eigenvalue weighted by Crippen LogP contribution is 2.31. The van der Waals surface area contributed by atoms with Crippen molar-refractivity contribution in [2.45, 2.75) is 0 Å². The van der Waals surface area contributed by atoms with E-state index >= 15 is 0 Å². The van der Waals surface area contributed by atoms with Gasteiger partial charge in [0.25, 0.3) is 0 Å². The highest BCUT2D eigenvalue weighted by Gasteiger charge is 2.06. The molecule has 3 rings (SSSR count). The molecule has 114 valence electrons. The van der Waals surface area contributed by atoms with E-state index < -0.39 is 0 Å². The van der Waals surface area contributed by atoms with Gasteiger partial charge in [0, 0.05) is 3.57 Å². The fourth-order valence-electron chi connectivity index (χ4n) is 2.51. The largest absolute Gasteiger partial charge is 0.113 e. The normalized spacial score (nSPS) is 10.0. The van der Waals surface area contributed by atoms with Gasteiger partial charge in [-0.2, -0.15) is 0 Å². The molecule has 0 spiro atoms. The first-order valence-corrected chi connectivity index (χ1v) is 8.87. The summed E-state index contributed by atoms with van der Waals surface area (Å²) in [6.45, 7) is 0. The molecule has 0 saturated carbocycles. The van der Waals surface area contributed by atoms with Crippen molar-refractivity contribution in [2.24, 2.45) is 0 Å². The number of rotatable bonds is 2. The zero-order chi connectivity index (χ0) is 16.8. The van der Waals surface area contributed by atoms with E-state index in [1.165, 1.54) is 20.3 Å². The van der Waals surface area contributed by atoms with Crippen LogP contribution < -0.4 is 5.46 Å². The van der Waals surface area contributed by atoms with Gasteiger partial charge in [-0.1, -0.05) is 103 Å². The van der Waals surface area contributed by atoms with Gasteiger partial charge in [0.15, 0.2) is 0 Å². The third-order valence-electron chi connectivity index (χ3n) is 3.75. The smallest absolute Gasteiger partial charge is 0.0966 e. The van der Waals surface area contributed by atoms with Crippen LogP contribution in [0.2, 0.25) is 0 Å². The molecule has 0 N–H and O–H groups in total. The lowest BCUT2D eigenvalue weighted by Gasteiger charge is -2.09. The summed E-state index contributed by atoms with van der Waals surface area (Å²) in [6, 6.07) is 33.1. The summed E-state index contributed by atoms with van der Waals surface area (Å²) in [5, 5.41) is 0. The Morgan fingerprint density at radius 1 is 0.500 bits per heavy atom. The molecule has 0 aliphatic rings. The Balaban J connectivity index is 2.30. The van der Waals surface area contributed by atoms with Crippen LogP contribution >= 0.6 is 22.6 Å². The Morgan fingerprint density at radius 2 is 0.917 bits per heavy atom. The Morgan fingerprint density at radius 3 is 1.50 bits per heavy atom. The van der Waals surface area contributed by atoms with Gasteiger partial charge >= 0.3 is 0 Å². The van der Waals surface area contributed by atoms with Crippen molar-refractivity contribution < 1.29 is 0 Å². The van der Waals surface area contributed by atoms with Gasteiger partial charge in [-0.3, -0.25) is 0 Å². The monoisotopic (exact) mass is 418 g/mol. The van der Waals surface area contributed by atoms with Crippen molar-refractivity contribution in [3.63, 3.8) is 0 Å². The molecule has 0 saturated heterocycles. The molecular formula is C22H16BI. The minimum absolute atomic E-state index is 0.778. The molecule has 0 amide bonds. The van der Waals surface area contributed by atoms with Crippen LogP contribution in [0.3, 0.4) is 0 Å². The summed E-state index contributed by atoms with van der Waals surface area (Å²) in [5.41, 5.74) is 5.53. The maximum Gasteiger partial charge on any atom is 0.113 e. The summed E-state index contributed by atoms with van der Waals surface area (Å²) in [6.07, 6.45) is 0. The fourth-order valence-corrected chi connectivity index (χ4v) is 3.50. The quantitative estimate of drug-likeness (QED) is 0.379. The molecule has 2 radical (unpaired) electrons. The highest BCUT2D eigenvalue weighted by molar-refractivity contribution is 14.1. The van der Waals surface area contributed by atoms with Crippen LogP contribution in [-0.4, -0.2) is 7.85 Å². The van der Waals surface area contributed by atoms with Crippen LogP contribution in [0.4, 0.5) is 0 Å². The standard InChI is InChI=1S/C22H16BI/c23-19-15-13-18(14-16-19)21-12-8-3-1-2-7-11-20(22(21)24)17-9-5-4-6-10-17/h1-16H. The Hall–Kier alpha value is -2.07. The molecule has 0 atom stereocenters. The van der Waals surface area contributed by atoms with Gasteiger partial charge < -0.3 is 0 Å². The second kappa shape index (κ2) is 8.16. The second-order valence-corrected chi connectivity index (χ2v) is 6.50. The third kappa shape index (κ3) is 4.06. The fraction of sp³-hybridized carbons (Fsp3) is 0. The van der Waals surface area contributed by atoms with Crippen LogP contribution in [0.15, 0.2) is 97.1 Å². The Kier molecular flexibility index (Phi) is 5.70. The summed E-state index contributed by atoms with van der Waals surface area (Å²) < 4.78 is 1.21. The zero-order valence-corrected chi connectivity index (χ0v) is 15.4. The first-order valence-electron chi connectivity index (χ1n) is 7.79. The molecule has 0 fully saturated rings. The zero-order valence-electron chi connectivity index (χ0n) is 13.2. The van der Waals surface area contributed by atoms with Crippen LogP contribution in [-0.2, 0) is 0 Å². The number of hydrogen-bond acceptors (Lipinski definition) is 0. The van der Waals surface area contributed by atoms with E-state index in [4.69, 9.17) is 7.85 Å². The summed E-state index contributed by atoms with van der Waals surface area (Å²) >= 11 is 2.44. The summed E-state index contributed by atoms with van der Waals surface area (Å²) in [5.74, 6) is 0. The van der Waals surface area contributed by atoms with Crippen molar-refractivity contribution in [3.05, 3.63) is 101 Å². The van der Waals surface area contributed by atoms with E-state index in [-0.39, 0.29) is 0 Å². The molecule has 0 nitrogen and oxygen atoms in total. The minimum atomic E-state index is 0.778. The molecule has 3 aromatic rings. The van der Waals surface area contributed by atoms with Crippen molar-refractivity contribution in [1.29, 1.82) is 0 Å². The van der Waals surface area contributed by atoms with Gasteiger partial charge in [-0.15, -0.1) is 0 Å². The molecule has 0 aromatic heterocycles. The summed E-state index contributed by atoms with van der Waals surface area (Å²) in [7, 11) is 5.84. The van der Waals surface area contributed by atoms with Crippen LogP contribution in [0.5, 0.6) is 0 Å². The van der Waals surface area contributed by atoms with Crippen molar-refractivity contribution in [2.75, 3.05) is 0 Å². The first kappa shape index (κ1) is 16.8. The predicted molar refractivity (Wildman–Crippen MR) is 113 cm³/mol. The molecule has 2 heteroatoms. The van der Waals surface area contributed by atoms with E-state index in [2.05, 4.69) is 83.3 Å². The maximum atomic E-state index is 5.84. The molecule has 24 heavy (non-hydrogen) atoms. The van der Waals surface area contributed by atoms with Gasteiger partial charge in [0.2, 0.25) is 0 Å². The van der Waals surface area contributed by atoms with E-state index in [0.717, 1.165) is 11.0 Å². The van der Waals surface area contributed by atoms with Gasteiger partial charge in [-0.05, 0) is 44.8 Å². The van der Waals surface area contributed by atoms with Crippen LogP contribution in [0, 0.1) is 3.57 Å². The molecule has 0 unspecified atom stereocenters. The number of halogens is 1. The van der Waals surface area contributed by atoms with Gasteiger partial charge in [-0.25, -0.2) is 0 Å². The number of hydrogen-bond donors (Lipinski definition) is 0. The van der Waals surface area contributed by atoms with Crippen LogP contribution in [0.25, 0.3) is 22.3 Å². The van der Waals surface area contributed by atoms with Gasteiger partial charge in [0.1, 0.15) is 7.85 Å². The third-order valence-corrected chi connectivity index (χ3v) is 4.91. The Bertz CT molecular complexity index is 870. The lowest BCUT2D eigenvalue weighted by Crippen LogP contribution is -1.99. The topological polar surface area (TPSA) is 0 Å². The highest BCUT2D eigenvalue weighted by atomic mass is 127. The molecule has 0 aliphatic heterocycles. The summed E-state index contributed by atoms with van der Waals surface area (Å²) in [4.78, 5) is 0. The van der Waals surface area contributed by atoms with E-state index in [0.29, 0.717) is 0 Å². The van der Waals surface area contributed by atoms with E-state index in [1.54, 1.807) is 0 Å². The minimum Gasteiger partial charge on any atom is -0.0966 e. The van der Waals surface area contributed by atoms with E-state index in [1.807, 2.05) is 36.4 Å².